The van der Waals surface area contributed by atoms with E-state index in [0.29, 0.717) is 42.4 Å². The van der Waals surface area contributed by atoms with Crippen molar-refractivity contribution in [2.45, 2.75) is 44.2 Å². The lowest BCUT2D eigenvalue weighted by Gasteiger charge is -2.28. The largest absolute Gasteiger partial charge is 0.492 e. The molecule has 0 bridgehead atoms. The number of anilines is 1. The number of amides is 1. The Morgan fingerprint density at radius 3 is 2.70 bits per heavy atom. The summed E-state index contributed by atoms with van der Waals surface area (Å²) in [6.07, 6.45) is 4.43. The zero-order valence-electron chi connectivity index (χ0n) is 20.7. The van der Waals surface area contributed by atoms with Crippen LogP contribution in [-0.4, -0.2) is 47.8 Å². The molecule has 1 unspecified atom stereocenters. The second-order valence-corrected chi connectivity index (χ2v) is 11.8. The number of pyridine rings is 1. The van der Waals surface area contributed by atoms with E-state index in [1.807, 2.05) is 44.2 Å². The Balaban J connectivity index is 1.53. The molecule has 0 N–H and O–H groups in total. The number of para-hydroxylation sites is 1. The predicted octanol–water partition coefficient (Wildman–Crippen LogP) is 4.78. The monoisotopic (exact) mass is 536 g/mol. The van der Waals surface area contributed by atoms with Gasteiger partial charge in [-0.25, -0.2) is 13.4 Å². The minimum absolute atomic E-state index is 0.193. The molecule has 10 heteroatoms. The van der Waals surface area contributed by atoms with Gasteiger partial charge in [-0.05, 0) is 62.6 Å². The summed E-state index contributed by atoms with van der Waals surface area (Å²) in [5.74, 6) is 0.356. The molecule has 0 saturated carbocycles. The van der Waals surface area contributed by atoms with E-state index in [1.165, 1.54) is 15.6 Å². The minimum atomic E-state index is -3.84. The van der Waals surface area contributed by atoms with Gasteiger partial charge in [0.2, 0.25) is 15.9 Å². The molecule has 2 aromatic heterocycles. The summed E-state index contributed by atoms with van der Waals surface area (Å²) in [5, 5.41) is 0.496. The van der Waals surface area contributed by atoms with Crippen molar-refractivity contribution in [2.75, 3.05) is 18.1 Å². The molecule has 3 heterocycles. The van der Waals surface area contributed by atoms with E-state index in [1.54, 1.807) is 41.6 Å². The fourth-order valence-corrected chi connectivity index (χ4v) is 7.15. The maximum atomic E-state index is 14.1. The van der Waals surface area contributed by atoms with Crippen molar-refractivity contribution >= 4 is 42.6 Å². The molecule has 5 rings (SSSR count). The number of hydrogen-bond acceptors (Lipinski definition) is 7. The van der Waals surface area contributed by atoms with Crippen LogP contribution in [0.1, 0.15) is 30.9 Å². The number of carbonyl (C=O) groups excluding carboxylic acids is 1. The number of thiazole rings is 1. The Morgan fingerprint density at radius 1 is 1.16 bits per heavy atom. The van der Waals surface area contributed by atoms with E-state index in [2.05, 4.69) is 4.98 Å². The van der Waals surface area contributed by atoms with Crippen LogP contribution in [0.5, 0.6) is 5.75 Å². The topological polar surface area (TPSA) is 92.7 Å². The van der Waals surface area contributed by atoms with Crippen LogP contribution < -0.4 is 9.64 Å². The molecule has 1 aliphatic heterocycles. The number of hydrogen-bond donors (Lipinski definition) is 0. The van der Waals surface area contributed by atoms with E-state index in [9.17, 15) is 13.2 Å². The fraction of sp³-hybridized carbons (Fsp3) is 0.296. The quantitative estimate of drug-likeness (QED) is 0.322. The molecule has 192 valence electrons. The summed E-state index contributed by atoms with van der Waals surface area (Å²) in [4.78, 5) is 24.9. The van der Waals surface area contributed by atoms with Gasteiger partial charge in [0, 0.05) is 18.9 Å². The summed E-state index contributed by atoms with van der Waals surface area (Å²) >= 11 is 1.38. The minimum Gasteiger partial charge on any atom is -0.492 e. The number of carbonyl (C=O) groups is 1. The Bertz CT molecular complexity index is 1500. The molecule has 0 radical (unpaired) electrons. The molecule has 0 spiro atoms. The molecule has 0 aliphatic carbocycles. The number of aryl methyl sites for hydroxylation is 1. The first-order valence-corrected chi connectivity index (χ1v) is 14.5. The number of fused-ring (bicyclic) bond motifs is 1. The molecule has 1 aliphatic rings. The van der Waals surface area contributed by atoms with Gasteiger partial charge in [-0.15, -0.1) is 0 Å². The third kappa shape index (κ3) is 5.09. The van der Waals surface area contributed by atoms with E-state index < -0.39 is 16.1 Å². The number of rotatable bonds is 8. The van der Waals surface area contributed by atoms with Crippen LogP contribution in [0.4, 0.5) is 5.13 Å². The van der Waals surface area contributed by atoms with Crippen LogP contribution in [0.2, 0.25) is 0 Å². The third-order valence-electron chi connectivity index (χ3n) is 6.35. The molecular formula is C27H28N4O4S2. The zero-order chi connectivity index (χ0) is 26.0. The van der Waals surface area contributed by atoms with Gasteiger partial charge in [-0.3, -0.25) is 14.7 Å². The highest BCUT2D eigenvalue weighted by Gasteiger charge is 2.42. The van der Waals surface area contributed by atoms with Crippen LogP contribution in [0.25, 0.3) is 10.2 Å². The van der Waals surface area contributed by atoms with Crippen molar-refractivity contribution in [1.29, 1.82) is 0 Å². The predicted molar refractivity (Wildman–Crippen MR) is 144 cm³/mol. The average Bonchev–Trinajstić information content (AvgIpc) is 3.57. The Labute approximate surface area is 220 Å². The average molecular weight is 537 g/mol. The van der Waals surface area contributed by atoms with Crippen LogP contribution in [0.15, 0.2) is 71.9 Å². The van der Waals surface area contributed by atoms with Crippen molar-refractivity contribution in [2.24, 2.45) is 0 Å². The second-order valence-electron chi connectivity index (χ2n) is 8.90. The normalized spacial score (nSPS) is 16.2. The van der Waals surface area contributed by atoms with Crippen molar-refractivity contribution in [3.63, 3.8) is 0 Å². The Hall–Kier alpha value is -3.34. The highest BCUT2D eigenvalue weighted by Crippen LogP contribution is 2.36. The highest BCUT2D eigenvalue weighted by atomic mass is 32.2. The van der Waals surface area contributed by atoms with Gasteiger partial charge in [0.15, 0.2) is 5.13 Å². The highest BCUT2D eigenvalue weighted by molar-refractivity contribution is 7.89. The Morgan fingerprint density at radius 2 is 1.97 bits per heavy atom. The van der Waals surface area contributed by atoms with Crippen molar-refractivity contribution in [1.82, 2.24) is 14.3 Å². The molecule has 37 heavy (non-hydrogen) atoms. The first-order valence-electron chi connectivity index (χ1n) is 12.2. The first kappa shape index (κ1) is 25.3. The third-order valence-corrected chi connectivity index (χ3v) is 9.31. The summed E-state index contributed by atoms with van der Waals surface area (Å²) in [6, 6.07) is 15.3. The molecule has 1 fully saturated rings. The summed E-state index contributed by atoms with van der Waals surface area (Å²) in [5.41, 5.74) is 2.48. The second kappa shape index (κ2) is 10.6. The maximum Gasteiger partial charge on any atom is 0.247 e. The van der Waals surface area contributed by atoms with Gasteiger partial charge >= 0.3 is 0 Å². The van der Waals surface area contributed by atoms with Crippen LogP contribution >= 0.6 is 11.3 Å². The SMILES string of the molecule is CCOc1cccc2sc(N(Cc3cccnc3)C(=O)C3CCCN3S(=O)(=O)c3ccc(C)cc3)nc12. The molecule has 2 aromatic carbocycles. The van der Waals surface area contributed by atoms with E-state index >= 15 is 0 Å². The summed E-state index contributed by atoms with van der Waals surface area (Å²) in [6.45, 7) is 4.84. The smallest absolute Gasteiger partial charge is 0.247 e. The van der Waals surface area contributed by atoms with Crippen LogP contribution in [0.3, 0.4) is 0 Å². The standard InChI is InChI=1S/C27H28N4O4S2/c1-3-35-23-9-4-10-24-25(23)29-27(36-24)30(18-20-7-5-15-28-17-20)26(32)22-8-6-16-31(22)37(33,34)21-13-11-19(2)12-14-21/h4-5,7,9-15,17,22H,3,6,8,16,18H2,1-2H3. The van der Waals surface area contributed by atoms with Gasteiger partial charge < -0.3 is 4.74 Å². The molecule has 4 aromatic rings. The van der Waals surface area contributed by atoms with E-state index in [-0.39, 0.29) is 17.3 Å². The first-order chi connectivity index (χ1) is 17.9. The van der Waals surface area contributed by atoms with Gasteiger partial charge in [0.25, 0.3) is 0 Å². The summed E-state index contributed by atoms with van der Waals surface area (Å²) in [7, 11) is -3.84. The lowest BCUT2D eigenvalue weighted by atomic mass is 10.2. The lowest BCUT2D eigenvalue weighted by molar-refractivity contribution is -0.121. The fourth-order valence-electron chi connectivity index (χ4n) is 4.51. The number of nitrogens with zero attached hydrogens (tertiary/aromatic N) is 4. The van der Waals surface area contributed by atoms with Crippen molar-refractivity contribution < 1.29 is 17.9 Å². The number of benzene rings is 2. The van der Waals surface area contributed by atoms with E-state index in [4.69, 9.17) is 9.72 Å². The van der Waals surface area contributed by atoms with E-state index in [0.717, 1.165) is 15.8 Å². The van der Waals surface area contributed by atoms with Crippen molar-refractivity contribution in [3.05, 3.63) is 78.1 Å². The van der Waals surface area contributed by atoms with Gasteiger partial charge in [0.1, 0.15) is 17.3 Å². The number of aromatic nitrogens is 2. The number of sulfonamides is 1. The van der Waals surface area contributed by atoms with Crippen LogP contribution in [-0.2, 0) is 21.4 Å². The van der Waals surface area contributed by atoms with Gasteiger partial charge in [-0.2, -0.15) is 4.31 Å². The number of ether oxygens (including phenoxy) is 1. The molecule has 1 atom stereocenters. The maximum absolute atomic E-state index is 14.1. The van der Waals surface area contributed by atoms with Crippen molar-refractivity contribution in [3.8, 4) is 5.75 Å². The van der Waals surface area contributed by atoms with Crippen LogP contribution in [0, 0.1) is 6.92 Å². The molecular weight excluding hydrogens is 508 g/mol. The zero-order valence-corrected chi connectivity index (χ0v) is 22.3. The molecule has 1 saturated heterocycles. The summed E-state index contributed by atoms with van der Waals surface area (Å²) < 4.78 is 35.1. The molecule has 8 nitrogen and oxygen atoms in total. The molecule has 1 amide bonds. The lowest BCUT2D eigenvalue weighted by Crippen LogP contribution is -2.47. The van der Waals surface area contributed by atoms with Gasteiger partial charge in [-0.1, -0.05) is 41.2 Å². The van der Waals surface area contributed by atoms with Gasteiger partial charge in [0.05, 0.1) is 22.7 Å². The Kier molecular flexibility index (Phi) is 7.23.